The first-order valence-electron chi connectivity index (χ1n) is 5.04. The Kier molecular flexibility index (Phi) is 7.01. The molecule has 0 atom stereocenters. The molecule has 18 heavy (non-hydrogen) atoms. The van der Waals surface area contributed by atoms with Crippen LogP contribution in [0.1, 0.15) is 10.4 Å². The molecule has 0 saturated heterocycles. The van der Waals surface area contributed by atoms with Gasteiger partial charge in [0, 0.05) is 19.9 Å². The normalized spacial score (nSPS) is 10.8. The summed E-state index contributed by atoms with van der Waals surface area (Å²) in [6.07, 6.45) is -2.53. The minimum absolute atomic E-state index is 0.251. The van der Waals surface area contributed by atoms with Gasteiger partial charge in [0.2, 0.25) is 0 Å². The van der Waals surface area contributed by atoms with Gasteiger partial charge in [0.15, 0.2) is 0 Å². The van der Waals surface area contributed by atoms with Crippen LogP contribution in [0.3, 0.4) is 0 Å². The van der Waals surface area contributed by atoms with Crippen molar-refractivity contribution in [3.63, 3.8) is 0 Å². The number of hydrogen-bond acceptors (Lipinski definition) is 1. The lowest BCUT2D eigenvalue weighted by atomic mass is 10.2. The van der Waals surface area contributed by atoms with Crippen LogP contribution in [0.5, 0.6) is 0 Å². The summed E-state index contributed by atoms with van der Waals surface area (Å²) in [7, 11) is 0. The maximum atomic E-state index is 12.4. The summed E-state index contributed by atoms with van der Waals surface area (Å²) in [5.41, 5.74) is 0.406. The molecule has 1 rings (SSSR count). The highest BCUT2D eigenvalue weighted by molar-refractivity contribution is 14.1. The smallest absolute Gasteiger partial charge is 0.255 e. The van der Waals surface area contributed by atoms with Gasteiger partial charge >= 0.3 is 0 Å². The SMILES string of the molecule is O=C(c1cc(I)ccc1Br)N(CCBr)CC(F)F. The van der Waals surface area contributed by atoms with E-state index in [1.807, 2.05) is 6.07 Å². The molecule has 1 aromatic rings. The second kappa shape index (κ2) is 7.74. The molecule has 0 N–H and O–H groups in total. The molecule has 0 bridgehead atoms. The number of benzene rings is 1. The maximum absolute atomic E-state index is 12.4. The Morgan fingerprint density at radius 3 is 2.67 bits per heavy atom. The summed E-state index contributed by atoms with van der Waals surface area (Å²) < 4.78 is 26.4. The fraction of sp³-hybridized carbons (Fsp3) is 0.364. The molecule has 2 nitrogen and oxygen atoms in total. The van der Waals surface area contributed by atoms with Gasteiger partial charge in [0.05, 0.1) is 12.1 Å². The molecule has 1 amide bonds. The minimum atomic E-state index is -2.53. The molecule has 7 heteroatoms. The van der Waals surface area contributed by atoms with E-state index >= 15 is 0 Å². The summed E-state index contributed by atoms with van der Waals surface area (Å²) in [6.45, 7) is -0.302. The molecule has 0 aromatic heterocycles. The lowest BCUT2D eigenvalue weighted by Crippen LogP contribution is -2.36. The molecule has 1 aromatic carbocycles. The highest BCUT2D eigenvalue weighted by atomic mass is 127. The van der Waals surface area contributed by atoms with Gasteiger partial charge in [-0.15, -0.1) is 0 Å². The lowest BCUT2D eigenvalue weighted by molar-refractivity contribution is 0.0571. The Balaban J connectivity index is 2.97. The average molecular weight is 497 g/mol. The van der Waals surface area contributed by atoms with Crippen molar-refractivity contribution in [2.45, 2.75) is 6.43 Å². The van der Waals surface area contributed by atoms with E-state index in [1.54, 1.807) is 12.1 Å². The van der Waals surface area contributed by atoms with E-state index in [-0.39, 0.29) is 12.5 Å². The zero-order valence-electron chi connectivity index (χ0n) is 9.18. The highest BCUT2D eigenvalue weighted by Crippen LogP contribution is 2.21. The third kappa shape index (κ3) is 4.73. The predicted molar refractivity (Wildman–Crippen MR) is 82.6 cm³/mol. The maximum Gasteiger partial charge on any atom is 0.255 e. The van der Waals surface area contributed by atoms with E-state index in [1.165, 1.54) is 0 Å². The van der Waals surface area contributed by atoms with Gasteiger partial charge in [0.25, 0.3) is 12.3 Å². The number of nitrogens with zero attached hydrogens (tertiary/aromatic N) is 1. The molecule has 0 aliphatic rings. The van der Waals surface area contributed by atoms with E-state index < -0.39 is 13.0 Å². The molecule has 0 spiro atoms. The Labute approximate surface area is 135 Å². The number of carbonyl (C=O) groups excluding carboxylic acids is 1. The zero-order valence-corrected chi connectivity index (χ0v) is 14.5. The summed E-state index contributed by atoms with van der Waals surface area (Å²) >= 11 is 8.51. The van der Waals surface area contributed by atoms with Crippen LogP contribution in [0.25, 0.3) is 0 Å². The van der Waals surface area contributed by atoms with Crippen LogP contribution < -0.4 is 0 Å². The van der Waals surface area contributed by atoms with Crippen molar-refractivity contribution in [1.82, 2.24) is 4.90 Å². The zero-order chi connectivity index (χ0) is 13.7. The third-order valence-corrected chi connectivity index (χ3v) is 3.88. The van der Waals surface area contributed by atoms with E-state index in [4.69, 9.17) is 0 Å². The molecule has 0 aliphatic carbocycles. The van der Waals surface area contributed by atoms with Gasteiger partial charge in [-0.1, -0.05) is 15.9 Å². The van der Waals surface area contributed by atoms with Crippen molar-refractivity contribution in [3.8, 4) is 0 Å². The Morgan fingerprint density at radius 1 is 1.44 bits per heavy atom. The average Bonchev–Trinajstić information content (AvgIpc) is 2.30. The van der Waals surface area contributed by atoms with E-state index in [9.17, 15) is 13.6 Å². The molecular formula is C11H10Br2F2INO. The second-order valence-electron chi connectivity index (χ2n) is 3.46. The molecule has 0 saturated carbocycles. The van der Waals surface area contributed by atoms with Crippen LogP contribution >= 0.6 is 54.5 Å². The van der Waals surface area contributed by atoms with Crippen molar-refractivity contribution in [1.29, 1.82) is 0 Å². The van der Waals surface area contributed by atoms with Crippen molar-refractivity contribution < 1.29 is 13.6 Å². The number of hydrogen-bond donors (Lipinski definition) is 0. The largest absolute Gasteiger partial charge is 0.332 e. The van der Waals surface area contributed by atoms with Crippen molar-refractivity contribution in [2.75, 3.05) is 18.4 Å². The summed E-state index contributed by atoms with van der Waals surface area (Å²) in [6, 6.07) is 5.26. The standard InChI is InChI=1S/C11H10Br2F2INO/c12-3-4-17(6-10(14)15)11(18)8-5-7(16)1-2-9(8)13/h1-2,5,10H,3-4,6H2. The summed E-state index contributed by atoms with van der Waals surface area (Å²) in [5.74, 6) is -0.389. The Morgan fingerprint density at radius 2 is 2.11 bits per heavy atom. The van der Waals surface area contributed by atoms with Gasteiger partial charge < -0.3 is 4.90 Å². The van der Waals surface area contributed by atoms with E-state index in [0.29, 0.717) is 15.4 Å². The monoisotopic (exact) mass is 495 g/mol. The van der Waals surface area contributed by atoms with Crippen LogP contribution in [0.2, 0.25) is 0 Å². The molecule has 0 unspecified atom stereocenters. The van der Waals surface area contributed by atoms with Crippen LogP contribution in [0.4, 0.5) is 8.78 Å². The fourth-order valence-corrected chi connectivity index (χ4v) is 2.71. The van der Waals surface area contributed by atoms with Gasteiger partial charge in [-0.2, -0.15) is 0 Å². The number of alkyl halides is 3. The van der Waals surface area contributed by atoms with Crippen molar-refractivity contribution in [3.05, 3.63) is 31.8 Å². The first-order valence-corrected chi connectivity index (χ1v) is 8.03. The Bertz CT molecular complexity index is 432. The van der Waals surface area contributed by atoms with Gasteiger partial charge in [-0.05, 0) is 56.7 Å². The molecule has 0 radical (unpaired) electrons. The van der Waals surface area contributed by atoms with Crippen LogP contribution in [0, 0.1) is 3.57 Å². The number of halogens is 5. The minimum Gasteiger partial charge on any atom is -0.332 e. The third-order valence-electron chi connectivity index (χ3n) is 2.16. The summed E-state index contributed by atoms with van der Waals surface area (Å²) in [4.78, 5) is 13.3. The van der Waals surface area contributed by atoms with E-state index in [2.05, 4.69) is 54.5 Å². The molecule has 0 heterocycles. The Hall–Kier alpha value is 0.240. The first-order chi connectivity index (χ1) is 8.45. The van der Waals surface area contributed by atoms with Crippen molar-refractivity contribution >= 4 is 60.4 Å². The van der Waals surface area contributed by atoms with Crippen LogP contribution in [0.15, 0.2) is 22.7 Å². The highest BCUT2D eigenvalue weighted by Gasteiger charge is 2.21. The number of rotatable bonds is 5. The predicted octanol–water partition coefficient (Wildman–Crippen LogP) is 4.16. The first kappa shape index (κ1) is 16.3. The van der Waals surface area contributed by atoms with Crippen LogP contribution in [-0.4, -0.2) is 35.7 Å². The number of carbonyl (C=O) groups is 1. The van der Waals surface area contributed by atoms with Gasteiger partial charge in [0.1, 0.15) is 0 Å². The molecule has 0 fully saturated rings. The van der Waals surface area contributed by atoms with E-state index in [0.717, 1.165) is 8.47 Å². The second-order valence-corrected chi connectivity index (χ2v) is 6.35. The molecule has 100 valence electrons. The van der Waals surface area contributed by atoms with Gasteiger partial charge in [-0.3, -0.25) is 4.79 Å². The molecule has 0 aliphatic heterocycles. The lowest BCUT2D eigenvalue weighted by Gasteiger charge is -2.22. The molecular weight excluding hydrogens is 487 g/mol. The topological polar surface area (TPSA) is 20.3 Å². The van der Waals surface area contributed by atoms with Gasteiger partial charge in [-0.25, -0.2) is 8.78 Å². The number of amides is 1. The summed E-state index contributed by atoms with van der Waals surface area (Å²) in [5, 5.41) is 0.465. The fourth-order valence-electron chi connectivity index (χ4n) is 1.38. The van der Waals surface area contributed by atoms with Crippen LogP contribution in [-0.2, 0) is 0 Å². The van der Waals surface area contributed by atoms with Crippen molar-refractivity contribution in [2.24, 2.45) is 0 Å². The quantitative estimate of drug-likeness (QED) is 0.443.